The molecule has 0 unspecified atom stereocenters. The summed E-state index contributed by atoms with van der Waals surface area (Å²) in [5.74, 6) is 3.17. The second-order valence-electron chi connectivity index (χ2n) is 8.86. The molecule has 0 aliphatic rings. The molecule has 0 aliphatic carbocycles. The van der Waals surface area contributed by atoms with Crippen LogP contribution in [0.2, 0.25) is 0 Å². The van der Waals surface area contributed by atoms with Crippen LogP contribution < -0.4 is 18.9 Å². The average Bonchev–Trinajstić information content (AvgIpc) is 2.90. The summed E-state index contributed by atoms with van der Waals surface area (Å²) >= 11 is 0. The van der Waals surface area contributed by atoms with Crippen LogP contribution in [0, 0.1) is 0 Å². The lowest BCUT2D eigenvalue weighted by molar-refractivity contribution is 0.282. The molecule has 0 spiro atoms. The minimum absolute atomic E-state index is 0.328. The monoisotopic (exact) mass is 484 g/mol. The number of ether oxygens (including phenoxy) is 4. The van der Waals surface area contributed by atoms with Gasteiger partial charge >= 0.3 is 0 Å². The molecule has 35 heavy (non-hydrogen) atoms. The zero-order chi connectivity index (χ0) is 25.3. The molecule has 2 aromatic rings. The zero-order valence-corrected chi connectivity index (χ0v) is 22.1. The fourth-order valence-corrected chi connectivity index (χ4v) is 4.32. The Morgan fingerprint density at radius 1 is 0.543 bits per heavy atom. The van der Waals surface area contributed by atoms with Crippen molar-refractivity contribution in [3.8, 4) is 23.0 Å². The van der Waals surface area contributed by atoms with Gasteiger partial charge in [0.1, 0.15) is 11.5 Å². The molecule has 0 aliphatic heterocycles. The van der Waals surface area contributed by atoms with Crippen molar-refractivity contribution in [2.45, 2.75) is 70.6 Å². The highest BCUT2D eigenvalue weighted by Gasteiger charge is 2.12. The fourth-order valence-electron chi connectivity index (χ4n) is 4.32. The predicted octanol–water partition coefficient (Wildman–Crippen LogP) is 7.33. The third-order valence-corrected chi connectivity index (χ3v) is 6.34. The smallest absolute Gasteiger partial charge is 0.161 e. The molecular formula is C30H44O5. The Labute approximate surface area is 212 Å². The van der Waals surface area contributed by atoms with E-state index in [0.717, 1.165) is 53.9 Å². The number of hydrogen-bond acceptors (Lipinski definition) is 5. The van der Waals surface area contributed by atoms with Crippen LogP contribution in [0.4, 0.5) is 0 Å². The van der Waals surface area contributed by atoms with Gasteiger partial charge in [-0.15, -0.1) is 0 Å². The number of hydrogen-bond donors (Lipinski definition) is 1. The fraction of sp³-hybridized carbons (Fsp3) is 0.533. The van der Waals surface area contributed by atoms with Gasteiger partial charge < -0.3 is 24.1 Å². The van der Waals surface area contributed by atoms with Crippen molar-refractivity contribution in [1.29, 1.82) is 0 Å². The summed E-state index contributed by atoms with van der Waals surface area (Å²) in [6.07, 6.45) is 17.2. The first-order valence-electron chi connectivity index (χ1n) is 12.9. The van der Waals surface area contributed by atoms with E-state index in [1.807, 2.05) is 24.3 Å². The molecular weight excluding hydrogens is 440 g/mol. The Morgan fingerprint density at radius 2 is 1.00 bits per heavy atom. The number of rotatable bonds is 18. The van der Waals surface area contributed by atoms with Gasteiger partial charge in [-0.05, 0) is 54.7 Å². The van der Waals surface area contributed by atoms with Crippen LogP contribution in [0.15, 0.2) is 30.3 Å². The number of aliphatic hydroxyl groups excluding tert-OH is 1. The van der Waals surface area contributed by atoms with E-state index in [2.05, 4.69) is 18.2 Å². The lowest BCUT2D eigenvalue weighted by atomic mass is 10.0. The standard InChI is InChI=1S/C30H44O5/c1-32-27-19-18-24(21-30(27)35-4)16-17-25-22-28(33-2)26(29(23-25)34-3)15-13-11-9-7-5-6-8-10-12-14-20-31/h16-19,21-23,31H,5-15,20H2,1-4H3/b17-16+. The molecule has 194 valence electrons. The maximum atomic E-state index is 8.82. The van der Waals surface area contributed by atoms with Gasteiger partial charge in [0, 0.05) is 12.2 Å². The molecule has 0 atom stereocenters. The van der Waals surface area contributed by atoms with Crippen molar-refractivity contribution in [3.05, 3.63) is 47.0 Å². The quantitative estimate of drug-likeness (QED) is 0.177. The predicted molar refractivity (Wildman–Crippen MR) is 145 cm³/mol. The normalized spacial score (nSPS) is 11.1. The van der Waals surface area contributed by atoms with Crippen LogP contribution in [0.1, 0.15) is 80.9 Å². The minimum atomic E-state index is 0.328. The Kier molecular flexibility index (Phi) is 13.8. The lowest BCUT2D eigenvalue weighted by Gasteiger charge is -2.15. The van der Waals surface area contributed by atoms with Crippen LogP contribution in [0.3, 0.4) is 0 Å². The Balaban J connectivity index is 1.89. The number of aliphatic hydroxyl groups is 1. The van der Waals surface area contributed by atoms with Crippen molar-refractivity contribution < 1.29 is 24.1 Å². The molecule has 0 radical (unpaired) electrons. The van der Waals surface area contributed by atoms with Crippen LogP contribution in [-0.2, 0) is 6.42 Å². The van der Waals surface area contributed by atoms with E-state index in [-0.39, 0.29) is 0 Å². The summed E-state index contributed by atoms with van der Waals surface area (Å²) in [7, 11) is 6.72. The van der Waals surface area contributed by atoms with Gasteiger partial charge in [-0.25, -0.2) is 0 Å². The zero-order valence-electron chi connectivity index (χ0n) is 22.1. The largest absolute Gasteiger partial charge is 0.496 e. The highest BCUT2D eigenvalue weighted by Crippen LogP contribution is 2.33. The van der Waals surface area contributed by atoms with Crippen molar-refractivity contribution in [2.24, 2.45) is 0 Å². The van der Waals surface area contributed by atoms with Crippen molar-refractivity contribution >= 4 is 12.2 Å². The summed E-state index contributed by atoms with van der Waals surface area (Å²) < 4.78 is 22.2. The highest BCUT2D eigenvalue weighted by molar-refractivity contribution is 5.73. The van der Waals surface area contributed by atoms with Crippen molar-refractivity contribution in [2.75, 3.05) is 35.0 Å². The molecule has 0 aromatic heterocycles. The molecule has 2 rings (SSSR count). The first-order chi connectivity index (χ1) is 17.2. The second-order valence-corrected chi connectivity index (χ2v) is 8.86. The highest BCUT2D eigenvalue weighted by atomic mass is 16.5. The van der Waals surface area contributed by atoms with E-state index in [1.54, 1.807) is 28.4 Å². The molecule has 0 fully saturated rings. The van der Waals surface area contributed by atoms with Gasteiger partial charge in [0.25, 0.3) is 0 Å². The summed E-state index contributed by atoms with van der Waals surface area (Å²) in [4.78, 5) is 0. The van der Waals surface area contributed by atoms with Gasteiger partial charge in [0.2, 0.25) is 0 Å². The molecule has 0 bridgehead atoms. The number of methoxy groups -OCH3 is 4. The van der Waals surface area contributed by atoms with Crippen LogP contribution in [0.5, 0.6) is 23.0 Å². The number of unbranched alkanes of at least 4 members (excludes halogenated alkanes) is 9. The first kappa shape index (κ1) is 28.6. The molecule has 0 saturated heterocycles. The Hall–Kier alpha value is -2.66. The molecule has 1 N–H and O–H groups in total. The van der Waals surface area contributed by atoms with Gasteiger partial charge in [-0.1, -0.05) is 69.6 Å². The van der Waals surface area contributed by atoms with Crippen LogP contribution >= 0.6 is 0 Å². The van der Waals surface area contributed by atoms with Crippen LogP contribution in [-0.4, -0.2) is 40.2 Å². The second kappa shape index (κ2) is 16.9. The van der Waals surface area contributed by atoms with Gasteiger partial charge in [-0.2, -0.15) is 0 Å². The molecule has 0 heterocycles. The van der Waals surface area contributed by atoms with E-state index in [0.29, 0.717) is 18.1 Å². The van der Waals surface area contributed by atoms with Crippen molar-refractivity contribution in [1.82, 2.24) is 0 Å². The summed E-state index contributed by atoms with van der Waals surface area (Å²) in [6, 6.07) is 10.0. The summed E-state index contributed by atoms with van der Waals surface area (Å²) in [5.41, 5.74) is 3.19. The van der Waals surface area contributed by atoms with E-state index in [1.165, 1.54) is 44.9 Å². The van der Waals surface area contributed by atoms with Gasteiger partial charge in [0.05, 0.1) is 28.4 Å². The minimum Gasteiger partial charge on any atom is -0.496 e. The van der Waals surface area contributed by atoms with Gasteiger partial charge in [0.15, 0.2) is 11.5 Å². The summed E-state index contributed by atoms with van der Waals surface area (Å²) in [6.45, 7) is 0.328. The van der Waals surface area contributed by atoms with E-state index < -0.39 is 0 Å². The van der Waals surface area contributed by atoms with E-state index >= 15 is 0 Å². The van der Waals surface area contributed by atoms with E-state index in [4.69, 9.17) is 24.1 Å². The molecule has 2 aromatic carbocycles. The topological polar surface area (TPSA) is 57.2 Å². The third kappa shape index (κ3) is 9.85. The lowest BCUT2D eigenvalue weighted by Crippen LogP contribution is -1.98. The maximum absolute atomic E-state index is 8.82. The maximum Gasteiger partial charge on any atom is 0.161 e. The molecule has 5 nitrogen and oxygen atoms in total. The Bertz CT molecular complexity index is 865. The first-order valence-corrected chi connectivity index (χ1v) is 12.9. The average molecular weight is 485 g/mol. The van der Waals surface area contributed by atoms with Crippen LogP contribution in [0.25, 0.3) is 12.2 Å². The molecule has 0 saturated carbocycles. The third-order valence-electron chi connectivity index (χ3n) is 6.34. The van der Waals surface area contributed by atoms with Crippen molar-refractivity contribution in [3.63, 3.8) is 0 Å². The molecule has 5 heteroatoms. The van der Waals surface area contributed by atoms with E-state index in [9.17, 15) is 0 Å². The van der Waals surface area contributed by atoms with Gasteiger partial charge in [-0.3, -0.25) is 0 Å². The summed E-state index contributed by atoms with van der Waals surface area (Å²) in [5, 5.41) is 8.82. The number of benzene rings is 2. The Morgan fingerprint density at radius 3 is 1.51 bits per heavy atom. The SMILES string of the molecule is COc1ccc(/C=C/c2cc(OC)c(CCCCCCCCCCCCO)c(OC)c2)cc1OC. The molecule has 0 amide bonds.